The van der Waals surface area contributed by atoms with Gasteiger partial charge in [0.05, 0.1) is 28.8 Å². The second kappa shape index (κ2) is 6.64. The van der Waals surface area contributed by atoms with E-state index in [4.69, 9.17) is 17.0 Å². The van der Waals surface area contributed by atoms with Gasteiger partial charge >= 0.3 is 0 Å². The van der Waals surface area contributed by atoms with Gasteiger partial charge in [-0.1, -0.05) is 11.6 Å². The van der Waals surface area contributed by atoms with E-state index < -0.39 is 0 Å². The molecule has 22 heavy (non-hydrogen) atoms. The minimum Gasteiger partial charge on any atom is -0.385 e. The van der Waals surface area contributed by atoms with E-state index in [-0.39, 0.29) is 0 Å². The minimum absolute atomic E-state index is 0.425. The topological polar surface area (TPSA) is 74.6 Å². The normalized spacial score (nSPS) is 11.6. The number of pyridine rings is 2. The zero-order valence-corrected chi connectivity index (χ0v) is 13.0. The van der Waals surface area contributed by atoms with Crippen molar-refractivity contribution in [1.82, 2.24) is 20.3 Å². The summed E-state index contributed by atoms with van der Waals surface area (Å²) in [4.78, 5) is 12.8. The SMILES string of the molecule is N=C/C(=C\NCc1cscn1)c1cnc2ccc(Cl)nc2c1. The predicted octanol–water partition coefficient (Wildman–Crippen LogP) is 3.52. The molecule has 7 heteroatoms. The van der Waals surface area contributed by atoms with Crippen LogP contribution in [0.25, 0.3) is 16.6 Å². The first kappa shape index (κ1) is 14.6. The van der Waals surface area contributed by atoms with Crippen LogP contribution < -0.4 is 5.32 Å². The molecule has 0 aromatic carbocycles. The molecule has 0 fully saturated rings. The van der Waals surface area contributed by atoms with Crippen molar-refractivity contribution in [3.8, 4) is 0 Å². The molecular weight excluding hydrogens is 318 g/mol. The molecular formula is C15H12ClN5S. The highest BCUT2D eigenvalue weighted by Gasteiger charge is 2.04. The van der Waals surface area contributed by atoms with Crippen molar-refractivity contribution in [2.75, 3.05) is 0 Å². The van der Waals surface area contributed by atoms with E-state index in [0.29, 0.717) is 22.8 Å². The highest BCUT2D eigenvalue weighted by Crippen LogP contribution is 2.18. The van der Waals surface area contributed by atoms with E-state index in [1.807, 2.05) is 17.5 Å². The lowest BCUT2D eigenvalue weighted by Crippen LogP contribution is -2.06. The number of thiazole rings is 1. The quantitative estimate of drug-likeness (QED) is 0.555. The molecule has 0 unspecified atom stereocenters. The average Bonchev–Trinajstić information content (AvgIpc) is 3.04. The van der Waals surface area contributed by atoms with Crippen LogP contribution in [0.1, 0.15) is 11.3 Å². The molecule has 0 amide bonds. The fourth-order valence-corrected chi connectivity index (χ4v) is 2.65. The van der Waals surface area contributed by atoms with Crippen LogP contribution in [0.3, 0.4) is 0 Å². The van der Waals surface area contributed by atoms with Gasteiger partial charge in [-0.05, 0) is 18.2 Å². The number of halogens is 1. The van der Waals surface area contributed by atoms with E-state index in [2.05, 4.69) is 20.3 Å². The number of rotatable bonds is 5. The van der Waals surface area contributed by atoms with Gasteiger partial charge in [-0.2, -0.15) is 0 Å². The highest BCUT2D eigenvalue weighted by molar-refractivity contribution is 7.07. The Balaban J connectivity index is 1.84. The van der Waals surface area contributed by atoms with Crippen molar-refractivity contribution < 1.29 is 0 Å². The van der Waals surface area contributed by atoms with Gasteiger partial charge < -0.3 is 10.7 Å². The molecule has 0 saturated carbocycles. The van der Waals surface area contributed by atoms with Gasteiger partial charge in [0.1, 0.15) is 5.15 Å². The molecule has 0 bridgehead atoms. The summed E-state index contributed by atoms with van der Waals surface area (Å²) in [6, 6.07) is 5.40. The molecule has 0 aliphatic rings. The predicted molar refractivity (Wildman–Crippen MR) is 90.3 cm³/mol. The highest BCUT2D eigenvalue weighted by atomic mass is 35.5. The summed E-state index contributed by atoms with van der Waals surface area (Å²) in [7, 11) is 0. The molecule has 0 aliphatic carbocycles. The standard InChI is InChI=1S/C15H12ClN5S/c16-15-2-1-13-14(21-15)3-10(6-19-13)11(4-17)5-18-7-12-8-22-9-20-12/h1-6,8-9,17-18H,7H2/b11-5+,17-4?. The van der Waals surface area contributed by atoms with Crippen molar-refractivity contribution in [3.05, 3.63) is 57.9 Å². The van der Waals surface area contributed by atoms with Crippen LogP contribution in [0.2, 0.25) is 5.15 Å². The number of nitrogens with one attached hydrogen (secondary N) is 2. The number of nitrogens with zero attached hydrogens (tertiary/aromatic N) is 3. The number of fused-ring (bicyclic) bond motifs is 1. The molecule has 3 rings (SSSR count). The third kappa shape index (κ3) is 3.29. The van der Waals surface area contributed by atoms with Gasteiger partial charge in [0.15, 0.2) is 0 Å². The molecule has 0 saturated heterocycles. The average molecular weight is 330 g/mol. The molecule has 110 valence electrons. The second-order valence-electron chi connectivity index (χ2n) is 4.50. The van der Waals surface area contributed by atoms with Gasteiger partial charge in [0.2, 0.25) is 0 Å². The van der Waals surface area contributed by atoms with Crippen LogP contribution in [0.5, 0.6) is 0 Å². The van der Waals surface area contributed by atoms with Crippen molar-refractivity contribution >= 4 is 45.8 Å². The minimum atomic E-state index is 0.425. The summed E-state index contributed by atoms with van der Waals surface area (Å²) in [6.45, 7) is 0.617. The first-order chi connectivity index (χ1) is 10.8. The maximum atomic E-state index is 7.58. The maximum absolute atomic E-state index is 7.58. The fourth-order valence-electron chi connectivity index (χ4n) is 1.94. The molecule has 0 spiro atoms. The first-order valence-corrected chi connectivity index (χ1v) is 7.82. The van der Waals surface area contributed by atoms with E-state index in [0.717, 1.165) is 16.8 Å². The smallest absolute Gasteiger partial charge is 0.129 e. The zero-order valence-electron chi connectivity index (χ0n) is 11.5. The molecule has 0 aliphatic heterocycles. The zero-order chi connectivity index (χ0) is 15.4. The summed E-state index contributed by atoms with van der Waals surface area (Å²) in [5.74, 6) is 0. The monoisotopic (exact) mass is 329 g/mol. The van der Waals surface area contributed by atoms with Gasteiger partial charge in [-0.25, -0.2) is 9.97 Å². The van der Waals surface area contributed by atoms with Gasteiger partial charge in [0, 0.05) is 35.1 Å². The third-order valence-electron chi connectivity index (χ3n) is 3.02. The van der Waals surface area contributed by atoms with Crippen molar-refractivity contribution in [2.45, 2.75) is 6.54 Å². The number of hydrogen-bond donors (Lipinski definition) is 2. The van der Waals surface area contributed by atoms with Crippen molar-refractivity contribution in [3.63, 3.8) is 0 Å². The third-order valence-corrected chi connectivity index (χ3v) is 3.86. The van der Waals surface area contributed by atoms with E-state index >= 15 is 0 Å². The Morgan fingerprint density at radius 1 is 1.32 bits per heavy atom. The van der Waals surface area contributed by atoms with Crippen LogP contribution in [0, 0.1) is 5.41 Å². The van der Waals surface area contributed by atoms with Crippen LogP contribution in [-0.4, -0.2) is 21.2 Å². The Labute approximate surface area is 136 Å². The van der Waals surface area contributed by atoms with Gasteiger partial charge in [0.25, 0.3) is 0 Å². The van der Waals surface area contributed by atoms with E-state index in [1.54, 1.807) is 35.3 Å². The first-order valence-electron chi connectivity index (χ1n) is 6.50. The van der Waals surface area contributed by atoms with Crippen molar-refractivity contribution in [1.29, 1.82) is 5.41 Å². The molecule has 2 N–H and O–H groups in total. The van der Waals surface area contributed by atoms with Gasteiger partial charge in [-0.15, -0.1) is 11.3 Å². The summed E-state index contributed by atoms with van der Waals surface area (Å²) in [5, 5.41) is 13.1. The Morgan fingerprint density at radius 3 is 3.00 bits per heavy atom. The lowest BCUT2D eigenvalue weighted by molar-refractivity contribution is 0.846. The van der Waals surface area contributed by atoms with Gasteiger partial charge in [-0.3, -0.25) is 4.98 Å². The van der Waals surface area contributed by atoms with Crippen LogP contribution >= 0.6 is 22.9 Å². The molecule has 3 aromatic rings. The number of aromatic nitrogens is 3. The molecule has 0 atom stereocenters. The number of allylic oxidation sites excluding steroid dienone is 1. The second-order valence-corrected chi connectivity index (χ2v) is 5.61. The Bertz CT molecular complexity index is 829. The van der Waals surface area contributed by atoms with Crippen LogP contribution in [0.4, 0.5) is 0 Å². The lowest BCUT2D eigenvalue weighted by atomic mass is 10.1. The summed E-state index contributed by atoms with van der Waals surface area (Å²) in [6.07, 6.45) is 4.78. The molecule has 3 heterocycles. The summed E-state index contributed by atoms with van der Waals surface area (Å²) < 4.78 is 0. The maximum Gasteiger partial charge on any atom is 0.129 e. The van der Waals surface area contributed by atoms with Crippen LogP contribution in [-0.2, 0) is 6.54 Å². The molecule has 3 aromatic heterocycles. The Morgan fingerprint density at radius 2 is 2.23 bits per heavy atom. The lowest BCUT2D eigenvalue weighted by Gasteiger charge is -2.05. The van der Waals surface area contributed by atoms with E-state index in [9.17, 15) is 0 Å². The van der Waals surface area contributed by atoms with Crippen LogP contribution in [0.15, 0.2) is 41.5 Å². The molecule has 0 radical (unpaired) electrons. The van der Waals surface area contributed by atoms with Crippen molar-refractivity contribution in [2.24, 2.45) is 0 Å². The largest absolute Gasteiger partial charge is 0.385 e. The Kier molecular flexibility index (Phi) is 4.41. The summed E-state index contributed by atoms with van der Waals surface area (Å²) >= 11 is 7.46. The van der Waals surface area contributed by atoms with E-state index in [1.165, 1.54) is 6.21 Å². The fraction of sp³-hybridized carbons (Fsp3) is 0.0667. The Hall–Kier alpha value is -2.31. The molecule has 5 nitrogen and oxygen atoms in total. The number of hydrogen-bond acceptors (Lipinski definition) is 6. The summed E-state index contributed by atoms with van der Waals surface area (Å²) in [5.41, 5.74) is 5.76.